The van der Waals surface area contributed by atoms with Gasteiger partial charge < -0.3 is 24.7 Å². The zero-order chi connectivity index (χ0) is 23.9. The minimum absolute atomic E-state index is 0.124. The van der Waals surface area contributed by atoms with Gasteiger partial charge in [0, 0.05) is 30.1 Å². The highest BCUT2D eigenvalue weighted by Gasteiger charge is 2.41. The van der Waals surface area contributed by atoms with Crippen LogP contribution in [-0.2, 0) is 16.0 Å². The van der Waals surface area contributed by atoms with Crippen molar-refractivity contribution in [3.63, 3.8) is 0 Å². The lowest BCUT2D eigenvalue weighted by Gasteiger charge is -2.28. The highest BCUT2D eigenvalue weighted by atomic mass is 16.6. The third kappa shape index (κ3) is 3.86. The summed E-state index contributed by atoms with van der Waals surface area (Å²) >= 11 is 0. The molecule has 9 nitrogen and oxygen atoms in total. The molecule has 4 amide bonds. The third-order valence-electron chi connectivity index (χ3n) is 7.02. The van der Waals surface area contributed by atoms with Gasteiger partial charge in [0.15, 0.2) is 11.5 Å². The maximum Gasteiger partial charge on any atom is 0.325 e. The average Bonchev–Trinajstić information content (AvgIpc) is 3.59. The van der Waals surface area contributed by atoms with Crippen LogP contribution < -0.4 is 14.8 Å². The van der Waals surface area contributed by atoms with E-state index in [1.54, 1.807) is 4.90 Å². The summed E-state index contributed by atoms with van der Waals surface area (Å²) in [4.78, 5) is 45.0. The molecule has 9 heteroatoms. The normalized spacial score (nSPS) is 21.6. The van der Waals surface area contributed by atoms with E-state index in [1.807, 2.05) is 48.7 Å². The Morgan fingerprint density at radius 2 is 1.89 bits per heavy atom. The summed E-state index contributed by atoms with van der Waals surface area (Å²) in [6.45, 7) is 1.33. The Morgan fingerprint density at radius 1 is 1.06 bits per heavy atom. The molecule has 3 aromatic rings. The van der Waals surface area contributed by atoms with Gasteiger partial charge in [-0.3, -0.25) is 14.5 Å². The Morgan fingerprint density at radius 3 is 2.77 bits per heavy atom. The molecule has 3 aliphatic rings. The molecule has 1 aromatic heterocycles. The van der Waals surface area contributed by atoms with E-state index in [9.17, 15) is 14.4 Å². The molecule has 2 aromatic carbocycles. The zero-order valence-electron chi connectivity index (χ0n) is 19.2. The van der Waals surface area contributed by atoms with Gasteiger partial charge >= 0.3 is 6.03 Å². The lowest BCUT2D eigenvalue weighted by molar-refractivity contribution is -0.138. The largest absolute Gasteiger partial charge is 0.486 e. The quantitative estimate of drug-likeness (QED) is 0.554. The van der Waals surface area contributed by atoms with Gasteiger partial charge in [-0.2, -0.15) is 0 Å². The van der Waals surface area contributed by atoms with Crippen LogP contribution in [0.2, 0.25) is 0 Å². The van der Waals surface area contributed by atoms with Crippen molar-refractivity contribution in [2.45, 2.75) is 31.3 Å². The number of hydrogen-bond acceptors (Lipinski definition) is 5. The van der Waals surface area contributed by atoms with Gasteiger partial charge in [0.05, 0.1) is 6.04 Å². The molecule has 2 saturated heterocycles. The van der Waals surface area contributed by atoms with Crippen molar-refractivity contribution in [2.24, 2.45) is 0 Å². The first-order chi connectivity index (χ1) is 17.1. The summed E-state index contributed by atoms with van der Waals surface area (Å²) < 4.78 is 11.3. The van der Waals surface area contributed by atoms with E-state index in [4.69, 9.17) is 9.47 Å². The maximum absolute atomic E-state index is 13.3. The van der Waals surface area contributed by atoms with Crippen LogP contribution in [0.4, 0.5) is 4.79 Å². The number of imide groups is 1. The van der Waals surface area contributed by atoms with Crippen molar-refractivity contribution in [1.82, 2.24) is 20.1 Å². The number of fused-ring (bicyclic) bond motifs is 2. The number of aromatic nitrogens is 1. The molecule has 2 fully saturated rings. The van der Waals surface area contributed by atoms with Gasteiger partial charge in [-0.15, -0.1) is 0 Å². The van der Waals surface area contributed by atoms with Crippen LogP contribution in [0.3, 0.4) is 0 Å². The van der Waals surface area contributed by atoms with E-state index in [0.717, 1.165) is 39.8 Å². The molecular formula is C26H26N4O5. The van der Waals surface area contributed by atoms with Crippen LogP contribution in [0.15, 0.2) is 48.7 Å². The van der Waals surface area contributed by atoms with E-state index in [2.05, 4.69) is 10.3 Å². The fourth-order valence-corrected chi connectivity index (χ4v) is 5.29. The Labute approximate surface area is 202 Å². The number of ether oxygens (including phenoxy) is 2. The summed E-state index contributed by atoms with van der Waals surface area (Å²) in [6, 6.07) is 12.2. The first-order valence-corrected chi connectivity index (χ1v) is 11.9. The third-order valence-corrected chi connectivity index (χ3v) is 7.02. The van der Waals surface area contributed by atoms with Gasteiger partial charge in [-0.1, -0.05) is 24.3 Å². The van der Waals surface area contributed by atoms with Crippen molar-refractivity contribution >= 4 is 28.7 Å². The molecule has 0 bridgehead atoms. The lowest BCUT2D eigenvalue weighted by Crippen LogP contribution is -2.43. The molecule has 180 valence electrons. The average molecular weight is 475 g/mol. The highest BCUT2D eigenvalue weighted by Crippen LogP contribution is 2.38. The van der Waals surface area contributed by atoms with Crippen LogP contribution >= 0.6 is 0 Å². The monoisotopic (exact) mass is 474 g/mol. The second-order valence-corrected chi connectivity index (χ2v) is 9.14. The number of nitrogens with zero attached hydrogens (tertiary/aromatic N) is 2. The molecule has 0 spiro atoms. The number of para-hydroxylation sites is 1. The molecule has 0 unspecified atom stereocenters. The molecular weight excluding hydrogens is 448 g/mol. The van der Waals surface area contributed by atoms with Crippen LogP contribution in [0.5, 0.6) is 11.5 Å². The van der Waals surface area contributed by atoms with Crippen molar-refractivity contribution in [3.05, 3.63) is 59.8 Å². The number of aromatic amines is 1. The SMILES string of the molecule is O=C1N[C@@H](Cc2c[nH]c3ccccc23)C(=O)N1CC(=O)N1CCC[C@@H]1c1ccc2c(c1)OCCO2. The van der Waals surface area contributed by atoms with Gasteiger partial charge in [-0.25, -0.2) is 4.79 Å². The van der Waals surface area contributed by atoms with Gasteiger partial charge in [0.25, 0.3) is 5.91 Å². The summed E-state index contributed by atoms with van der Waals surface area (Å²) in [5, 5.41) is 3.77. The van der Waals surface area contributed by atoms with E-state index < -0.39 is 12.1 Å². The van der Waals surface area contributed by atoms with E-state index >= 15 is 0 Å². The minimum atomic E-state index is -0.693. The number of likely N-dealkylation sites (tertiary alicyclic amines) is 1. The minimum Gasteiger partial charge on any atom is -0.486 e. The van der Waals surface area contributed by atoms with Crippen LogP contribution in [0, 0.1) is 0 Å². The highest BCUT2D eigenvalue weighted by molar-refractivity contribution is 6.06. The number of hydrogen-bond donors (Lipinski definition) is 2. The second-order valence-electron chi connectivity index (χ2n) is 9.14. The lowest BCUT2D eigenvalue weighted by atomic mass is 10.0. The van der Waals surface area contributed by atoms with Crippen LogP contribution in [-0.4, -0.2) is 65.0 Å². The standard InChI is InChI=1S/C26H26N4O5/c31-24(29-9-3-6-21(29)16-7-8-22-23(13-16)35-11-10-34-22)15-30-25(32)20(28-26(30)33)12-17-14-27-19-5-2-1-4-18(17)19/h1-2,4-5,7-8,13-14,20-21,27H,3,6,9-12,15H2,(H,28,33)/t20-,21+/m0/s1. The molecule has 3 aliphatic heterocycles. The predicted molar refractivity (Wildman–Crippen MR) is 127 cm³/mol. The fourth-order valence-electron chi connectivity index (χ4n) is 5.29. The predicted octanol–water partition coefficient (Wildman–Crippen LogP) is 2.77. The van der Waals surface area contributed by atoms with Crippen molar-refractivity contribution in [2.75, 3.05) is 26.3 Å². The van der Waals surface area contributed by atoms with Gasteiger partial charge in [0.2, 0.25) is 5.91 Å². The fraction of sp³-hybridized carbons (Fsp3) is 0.346. The zero-order valence-corrected chi connectivity index (χ0v) is 19.2. The Balaban J connectivity index is 1.15. The van der Waals surface area contributed by atoms with Crippen molar-refractivity contribution in [1.29, 1.82) is 0 Å². The molecule has 0 saturated carbocycles. The Kier molecular flexibility index (Phi) is 5.32. The van der Waals surface area contributed by atoms with E-state index in [-0.39, 0.29) is 24.4 Å². The Bertz CT molecular complexity index is 1320. The molecule has 6 rings (SSSR count). The molecule has 0 radical (unpaired) electrons. The van der Waals surface area contributed by atoms with Crippen molar-refractivity contribution in [3.8, 4) is 11.5 Å². The first-order valence-electron chi connectivity index (χ1n) is 11.9. The van der Waals surface area contributed by atoms with Crippen LogP contribution in [0.1, 0.15) is 30.0 Å². The van der Waals surface area contributed by atoms with E-state index in [0.29, 0.717) is 37.7 Å². The summed E-state index contributed by atoms with van der Waals surface area (Å²) in [5.41, 5.74) is 2.89. The maximum atomic E-state index is 13.3. The van der Waals surface area contributed by atoms with E-state index in [1.165, 1.54) is 0 Å². The van der Waals surface area contributed by atoms with Crippen molar-refractivity contribution < 1.29 is 23.9 Å². The molecule has 2 N–H and O–H groups in total. The number of nitrogens with one attached hydrogen (secondary N) is 2. The number of benzene rings is 2. The number of urea groups is 1. The van der Waals surface area contributed by atoms with Gasteiger partial charge in [-0.05, 0) is 42.2 Å². The molecule has 0 aliphatic carbocycles. The number of H-pyrrole nitrogens is 1. The number of rotatable bonds is 5. The molecule has 35 heavy (non-hydrogen) atoms. The molecule has 4 heterocycles. The Hall–Kier alpha value is -4.01. The second kappa shape index (κ2) is 8.65. The number of carbonyl (C=O) groups excluding carboxylic acids is 3. The van der Waals surface area contributed by atoms with Gasteiger partial charge in [0.1, 0.15) is 25.8 Å². The topological polar surface area (TPSA) is 104 Å². The first kappa shape index (κ1) is 21.5. The summed E-state index contributed by atoms with van der Waals surface area (Å²) in [7, 11) is 0. The molecule has 2 atom stereocenters. The number of amides is 4. The summed E-state index contributed by atoms with van der Waals surface area (Å²) in [5.74, 6) is 0.779. The number of carbonyl (C=O) groups is 3. The van der Waals surface area contributed by atoms with Crippen LogP contribution in [0.25, 0.3) is 10.9 Å². The summed E-state index contributed by atoms with van der Waals surface area (Å²) in [6.07, 6.45) is 3.89. The smallest absolute Gasteiger partial charge is 0.325 e.